The van der Waals surface area contributed by atoms with E-state index in [1.54, 1.807) is 31.3 Å². The predicted molar refractivity (Wildman–Crippen MR) is 70.1 cm³/mol. The highest BCUT2D eigenvalue weighted by molar-refractivity contribution is 6.33. The largest absolute Gasteiger partial charge is 0.508 e. The summed E-state index contributed by atoms with van der Waals surface area (Å²) in [5.74, 6) is -0.0993. The van der Waals surface area contributed by atoms with Gasteiger partial charge in [-0.3, -0.25) is 4.79 Å². The van der Waals surface area contributed by atoms with Crippen molar-refractivity contribution in [2.75, 3.05) is 11.9 Å². The normalized spacial score (nSPS) is 10.1. The molecule has 0 atom stereocenters. The summed E-state index contributed by atoms with van der Waals surface area (Å²) in [4.78, 5) is 17.5. The molecule has 5 heteroatoms. The van der Waals surface area contributed by atoms with Gasteiger partial charge in [-0.25, -0.2) is 4.98 Å². The summed E-state index contributed by atoms with van der Waals surface area (Å²) in [5, 5.41) is 9.38. The molecule has 0 unspecified atom stereocenters. The summed E-state index contributed by atoms with van der Waals surface area (Å²) in [7, 11) is 1.64. The molecule has 0 aliphatic carbocycles. The first kappa shape index (κ1) is 12.4. The second kappa shape index (κ2) is 5.06. The van der Waals surface area contributed by atoms with E-state index in [1.165, 1.54) is 23.2 Å². The SMILES string of the molecule is CN(C(=O)c1cccnc1Cl)c1ccc(O)cc1. The molecule has 1 heterocycles. The van der Waals surface area contributed by atoms with E-state index < -0.39 is 0 Å². The molecule has 0 bridgehead atoms. The Balaban J connectivity index is 2.29. The van der Waals surface area contributed by atoms with Gasteiger partial charge in [0.2, 0.25) is 0 Å². The van der Waals surface area contributed by atoms with Gasteiger partial charge in [0, 0.05) is 18.9 Å². The average molecular weight is 263 g/mol. The maximum atomic E-state index is 12.2. The van der Waals surface area contributed by atoms with E-state index in [2.05, 4.69) is 4.98 Å². The van der Waals surface area contributed by atoms with Crippen molar-refractivity contribution >= 4 is 23.2 Å². The van der Waals surface area contributed by atoms with Gasteiger partial charge in [-0.2, -0.15) is 0 Å². The number of benzene rings is 1. The summed E-state index contributed by atoms with van der Waals surface area (Å²) in [6, 6.07) is 9.61. The minimum atomic E-state index is -0.251. The number of rotatable bonds is 2. The van der Waals surface area contributed by atoms with Crippen LogP contribution in [0, 0.1) is 0 Å². The topological polar surface area (TPSA) is 53.4 Å². The van der Waals surface area contributed by atoms with E-state index in [9.17, 15) is 9.90 Å². The van der Waals surface area contributed by atoms with Crippen LogP contribution in [0.1, 0.15) is 10.4 Å². The molecule has 18 heavy (non-hydrogen) atoms. The molecule has 0 fully saturated rings. The monoisotopic (exact) mass is 262 g/mol. The van der Waals surface area contributed by atoms with Crippen molar-refractivity contribution in [3.8, 4) is 5.75 Å². The standard InChI is InChI=1S/C13H11ClN2O2/c1-16(9-4-6-10(17)7-5-9)13(18)11-3-2-8-15-12(11)14/h2-8,17H,1H3. The van der Waals surface area contributed by atoms with Crippen LogP contribution in [0.3, 0.4) is 0 Å². The lowest BCUT2D eigenvalue weighted by atomic mass is 10.2. The van der Waals surface area contributed by atoms with Crippen molar-refractivity contribution in [1.29, 1.82) is 0 Å². The molecule has 1 aromatic heterocycles. The number of nitrogens with zero attached hydrogens (tertiary/aromatic N) is 2. The van der Waals surface area contributed by atoms with Gasteiger partial charge in [0.25, 0.3) is 5.91 Å². The van der Waals surface area contributed by atoms with Gasteiger partial charge in [-0.05, 0) is 36.4 Å². The molecule has 4 nitrogen and oxygen atoms in total. The fourth-order valence-electron chi connectivity index (χ4n) is 1.52. The van der Waals surface area contributed by atoms with Crippen LogP contribution in [0.15, 0.2) is 42.6 Å². The summed E-state index contributed by atoms with van der Waals surface area (Å²) < 4.78 is 0. The Morgan fingerprint density at radius 1 is 1.28 bits per heavy atom. The van der Waals surface area contributed by atoms with Gasteiger partial charge in [-0.1, -0.05) is 11.6 Å². The van der Waals surface area contributed by atoms with Crippen molar-refractivity contribution in [2.24, 2.45) is 0 Å². The smallest absolute Gasteiger partial charge is 0.261 e. The van der Waals surface area contributed by atoms with Crippen LogP contribution in [0.5, 0.6) is 5.75 Å². The third-order valence-corrected chi connectivity index (χ3v) is 2.83. The number of hydrogen-bond donors (Lipinski definition) is 1. The maximum Gasteiger partial charge on any atom is 0.261 e. The quantitative estimate of drug-likeness (QED) is 0.847. The lowest BCUT2D eigenvalue weighted by Gasteiger charge is -2.17. The lowest BCUT2D eigenvalue weighted by Crippen LogP contribution is -2.26. The highest BCUT2D eigenvalue weighted by Crippen LogP contribution is 2.21. The Hall–Kier alpha value is -2.07. The highest BCUT2D eigenvalue weighted by Gasteiger charge is 2.16. The third kappa shape index (κ3) is 2.43. The second-order valence-corrected chi connectivity index (χ2v) is 4.08. The third-order valence-electron chi connectivity index (χ3n) is 2.53. The Morgan fingerprint density at radius 3 is 2.56 bits per heavy atom. The highest BCUT2D eigenvalue weighted by atomic mass is 35.5. The molecule has 92 valence electrons. The maximum absolute atomic E-state index is 12.2. The van der Waals surface area contributed by atoms with Crippen molar-refractivity contribution in [1.82, 2.24) is 4.98 Å². The Bertz CT molecular complexity index is 569. The number of amides is 1. The minimum absolute atomic E-state index is 0.152. The zero-order valence-electron chi connectivity index (χ0n) is 9.67. The zero-order chi connectivity index (χ0) is 13.1. The number of carbonyl (C=O) groups excluding carboxylic acids is 1. The molecule has 0 aliphatic heterocycles. The number of pyridine rings is 1. The fraction of sp³-hybridized carbons (Fsp3) is 0.0769. The summed E-state index contributed by atoms with van der Waals surface area (Å²) >= 11 is 5.88. The van der Waals surface area contributed by atoms with Crippen LogP contribution in [0.25, 0.3) is 0 Å². The van der Waals surface area contributed by atoms with Crippen LogP contribution in [0.2, 0.25) is 5.15 Å². The van der Waals surface area contributed by atoms with Gasteiger partial charge in [0.15, 0.2) is 0 Å². The van der Waals surface area contributed by atoms with E-state index in [0.29, 0.717) is 11.3 Å². The number of carbonyl (C=O) groups is 1. The van der Waals surface area contributed by atoms with Crippen molar-refractivity contribution in [3.05, 3.63) is 53.3 Å². The van der Waals surface area contributed by atoms with E-state index in [0.717, 1.165) is 0 Å². The number of anilines is 1. The van der Waals surface area contributed by atoms with E-state index >= 15 is 0 Å². The summed E-state index contributed by atoms with van der Waals surface area (Å²) in [5.41, 5.74) is 1.01. The van der Waals surface area contributed by atoms with Crippen LogP contribution in [-0.4, -0.2) is 23.0 Å². The summed E-state index contributed by atoms with van der Waals surface area (Å²) in [6.45, 7) is 0. The van der Waals surface area contributed by atoms with Crippen molar-refractivity contribution in [2.45, 2.75) is 0 Å². The molecular formula is C13H11ClN2O2. The minimum Gasteiger partial charge on any atom is -0.508 e. The molecule has 1 amide bonds. The number of aromatic nitrogens is 1. The van der Waals surface area contributed by atoms with Crippen LogP contribution < -0.4 is 4.90 Å². The van der Waals surface area contributed by atoms with Gasteiger partial charge < -0.3 is 10.0 Å². The van der Waals surface area contributed by atoms with Crippen molar-refractivity contribution in [3.63, 3.8) is 0 Å². The molecule has 2 rings (SSSR count). The second-order valence-electron chi connectivity index (χ2n) is 3.72. The fourth-order valence-corrected chi connectivity index (χ4v) is 1.72. The van der Waals surface area contributed by atoms with Gasteiger partial charge >= 0.3 is 0 Å². The zero-order valence-corrected chi connectivity index (χ0v) is 10.4. The first-order chi connectivity index (χ1) is 8.59. The molecule has 0 saturated carbocycles. The molecule has 2 aromatic rings. The number of phenolic OH excluding ortho intramolecular Hbond substituents is 1. The molecule has 0 aliphatic rings. The summed E-state index contributed by atoms with van der Waals surface area (Å²) in [6.07, 6.45) is 1.53. The van der Waals surface area contributed by atoms with Crippen LogP contribution in [-0.2, 0) is 0 Å². The molecule has 0 radical (unpaired) electrons. The van der Waals surface area contributed by atoms with Crippen molar-refractivity contribution < 1.29 is 9.90 Å². The van der Waals surface area contributed by atoms with Crippen LogP contribution >= 0.6 is 11.6 Å². The molecular weight excluding hydrogens is 252 g/mol. The number of phenols is 1. The molecule has 1 N–H and O–H groups in total. The van der Waals surface area contributed by atoms with Crippen LogP contribution in [0.4, 0.5) is 5.69 Å². The van der Waals surface area contributed by atoms with Gasteiger partial charge in [0.05, 0.1) is 5.56 Å². The first-order valence-corrected chi connectivity index (χ1v) is 5.65. The number of halogens is 1. The van der Waals surface area contributed by atoms with E-state index in [1.807, 2.05) is 0 Å². The lowest BCUT2D eigenvalue weighted by molar-refractivity contribution is 0.0993. The Morgan fingerprint density at radius 2 is 1.94 bits per heavy atom. The predicted octanol–water partition coefficient (Wildman–Crippen LogP) is 2.72. The average Bonchev–Trinajstić information content (AvgIpc) is 2.38. The van der Waals surface area contributed by atoms with E-state index in [-0.39, 0.29) is 16.8 Å². The number of hydrogen-bond acceptors (Lipinski definition) is 3. The van der Waals surface area contributed by atoms with Gasteiger partial charge in [0.1, 0.15) is 10.9 Å². The number of aromatic hydroxyl groups is 1. The Kier molecular flexibility index (Phi) is 3.48. The Labute approximate surface area is 109 Å². The molecule has 0 spiro atoms. The molecule has 0 saturated heterocycles. The first-order valence-electron chi connectivity index (χ1n) is 5.27. The van der Waals surface area contributed by atoms with Gasteiger partial charge in [-0.15, -0.1) is 0 Å². The molecule has 1 aromatic carbocycles. The van der Waals surface area contributed by atoms with E-state index in [4.69, 9.17) is 11.6 Å².